The zero-order chi connectivity index (χ0) is 16.9. The number of hydrogen-bond acceptors (Lipinski definition) is 4. The van der Waals surface area contributed by atoms with Crippen molar-refractivity contribution < 1.29 is 14.1 Å². The van der Waals surface area contributed by atoms with Gasteiger partial charge in [-0.25, -0.2) is 0 Å². The Morgan fingerprint density at radius 3 is 2.29 bits per heavy atom. The fraction of sp³-hybridized carbons (Fsp3) is 0.0556. The van der Waals surface area contributed by atoms with Crippen molar-refractivity contribution in [2.75, 3.05) is 4.90 Å². The molecule has 0 spiro atoms. The lowest BCUT2D eigenvalue weighted by molar-refractivity contribution is -0.384. The molecule has 1 heterocycles. The van der Waals surface area contributed by atoms with Crippen molar-refractivity contribution in [1.82, 2.24) is 0 Å². The van der Waals surface area contributed by atoms with Gasteiger partial charge < -0.3 is 9.32 Å². The van der Waals surface area contributed by atoms with Crippen LogP contribution in [0.5, 0.6) is 0 Å². The van der Waals surface area contributed by atoms with Crippen molar-refractivity contribution in [3.63, 3.8) is 0 Å². The lowest BCUT2D eigenvalue weighted by Gasteiger charge is -2.22. The Morgan fingerprint density at radius 2 is 1.71 bits per heavy atom. The highest BCUT2D eigenvalue weighted by Gasteiger charge is 2.20. The third kappa shape index (κ3) is 3.33. The number of para-hydroxylation sites is 1. The fourth-order valence-electron chi connectivity index (χ4n) is 2.33. The van der Waals surface area contributed by atoms with Gasteiger partial charge in [-0.1, -0.05) is 18.2 Å². The topological polar surface area (TPSA) is 76.6 Å². The summed E-state index contributed by atoms with van der Waals surface area (Å²) in [6, 6.07) is 18.3. The molecule has 0 bridgehead atoms. The van der Waals surface area contributed by atoms with Crippen LogP contribution in [-0.4, -0.2) is 10.8 Å². The number of non-ortho nitro benzene ring substituents is 1. The van der Waals surface area contributed by atoms with Crippen LogP contribution >= 0.6 is 0 Å². The zero-order valence-corrected chi connectivity index (χ0v) is 12.7. The number of nitrogens with zero attached hydrogens (tertiary/aromatic N) is 2. The van der Waals surface area contributed by atoms with E-state index in [1.165, 1.54) is 24.3 Å². The van der Waals surface area contributed by atoms with Gasteiger partial charge >= 0.3 is 0 Å². The summed E-state index contributed by atoms with van der Waals surface area (Å²) >= 11 is 0. The Bertz CT molecular complexity index is 827. The normalized spacial score (nSPS) is 10.3. The second-order valence-corrected chi connectivity index (χ2v) is 5.11. The van der Waals surface area contributed by atoms with Crippen molar-refractivity contribution >= 4 is 17.3 Å². The predicted molar refractivity (Wildman–Crippen MR) is 88.8 cm³/mol. The molecular weight excluding hydrogens is 308 g/mol. The Labute approximate surface area is 138 Å². The lowest BCUT2D eigenvalue weighted by Crippen LogP contribution is -2.30. The monoisotopic (exact) mass is 322 g/mol. The third-order valence-electron chi connectivity index (χ3n) is 3.53. The van der Waals surface area contributed by atoms with E-state index in [1.54, 1.807) is 23.3 Å². The number of carbonyl (C=O) groups excluding carboxylic acids is 1. The highest BCUT2D eigenvalue weighted by Crippen LogP contribution is 2.21. The first-order valence-corrected chi connectivity index (χ1v) is 7.29. The fourth-order valence-corrected chi connectivity index (χ4v) is 2.33. The molecule has 3 rings (SSSR count). The van der Waals surface area contributed by atoms with Crippen LogP contribution in [0.1, 0.15) is 16.1 Å². The maximum atomic E-state index is 12.9. The third-order valence-corrected chi connectivity index (χ3v) is 3.53. The van der Waals surface area contributed by atoms with E-state index in [1.807, 2.05) is 30.3 Å². The van der Waals surface area contributed by atoms with Crippen LogP contribution in [0.25, 0.3) is 0 Å². The summed E-state index contributed by atoms with van der Waals surface area (Å²) in [5.74, 6) is 0.390. The van der Waals surface area contributed by atoms with Gasteiger partial charge in [-0.2, -0.15) is 0 Å². The number of rotatable bonds is 5. The first kappa shape index (κ1) is 15.5. The molecule has 0 radical (unpaired) electrons. The molecule has 0 aliphatic rings. The number of anilines is 1. The van der Waals surface area contributed by atoms with Gasteiger partial charge in [0.15, 0.2) is 0 Å². The number of benzene rings is 2. The molecule has 0 aliphatic carbocycles. The maximum Gasteiger partial charge on any atom is 0.269 e. The first-order valence-electron chi connectivity index (χ1n) is 7.29. The molecule has 6 heteroatoms. The summed E-state index contributed by atoms with van der Waals surface area (Å²) in [6.07, 6.45) is 1.55. The lowest BCUT2D eigenvalue weighted by atomic mass is 10.1. The average molecular weight is 322 g/mol. The van der Waals surface area contributed by atoms with Crippen molar-refractivity contribution in [2.45, 2.75) is 6.54 Å². The smallest absolute Gasteiger partial charge is 0.269 e. The molecule has 0 atom stereocenters. The number of carbonyl (C=O) groups is 1. The summed E-state index contributed by atoms with van der Waals surface area (Å²) in [4.78, 5) is 24.7. The zero-order valence-electron chi connectivity index (χ0n) is 12.7. The molecule has 6 nitrogen and oxygen atoms in total. The van der Waals surface area contributed by atoms with Crippen LogP contribution in [0.3, 0.4) is 0 Å². The van der Waals surface area contributed by atoms with Gasteiger partial charge in [-0.3, -0.25) is 14.9 Å². The first-order chi connectivity index (χ1) is 11.6. The van der Waals surface area contributed by atoms with E-state index >= 15 is 0 Å². The second-order valence-electron chi connectivity index (χ2n) is 5.11. The highest BCUT2D eigenvalue weighted by molar-refractivity contribution is 6.06. The van der Waals surface area contributed by atoms with Gasteiger partial charge in [-0.05, 0) is 36.4 Å². The second kappa shape index (κ2) is 6.78. The molecule has 0 saturated carbocycles. The van der Waals surface area contributed by atoms with Crippen molar-refractivity contribution in [3.8, 4) is 0 Å². The predicted octanol–water partition coefficient (Wildman–Crippen LogP) is 4.03. The van der Waals surface area contributed by atoms with Crippen LogP contribution in [0.2, 0.25) is 0 Å². The van der Waals surface area contributed by atoms with Gasteiger partial charge in [-0.15, -0.1) is 0 Å². The van der Waals surface area contributed by atoms with Crippen LogP contribution in [0.15, 0.2) is 77.4 Å². The van der Waals surface area contributed by atoms with Gasteiger partial charge in [0.1, 0.15) is 5.76 Å². The molecule has 24 heavy (non-hydrogen) atoms. The van der Waals surface area contributed by atoms with E-state index in [-0.39, 0.29) is 18.1 Å². The van der Waals surface area contributed by atoms with Gasteiger partial charge in [0.25, 0.3) is 11.6 Å². The Morgan fingerprint density at radius 1 is 1.00 bits per heavy atom. The Hall–Kier alpha value is -3.41. The number of nitro groups is 1. The van der Waals surface area contributed by atoms with Gasteiger partial charge in [0, 0.05) is 23.4 Å². The minimum atomic E-state index is -0.494. The molecule has 1 aromatic heterocycles. The molecule has 120 valence electrons. The molecule has 0 fully saturated rings. The number of furan rings is 1. The summed E-state index contributed by atoms with van der Waals surface area (Å²) in [5, 5.41) is 10.7. The van der Waals surface area contributed by atoms with E-state index in [0.717, 1.165) is 5.69 Å². The minimum Gasteiger partial charge on any atom is -0.467 e. The largest absolute Gasteiger partial charge is 0.467 e. The Kier molecular flexibility index (Phi) is 4.38. The van der Waals surface area contributed by atoms with Crippen LogP contribution in [0, 0.1) is 10.1 Å². The van der Waals surface area contributed by atoms with Crippen LogP contribution < -0.4 is 4.90 Å². The molecule has 2 aromatic carbocycles. The Balaban J connectivity index is 1.92. The molecular formula is C18H14N2O4. The summed E-state index contributed by atoms with van der Waals surface area (Å²) in [5.41, 5.74) is 1.04. The van der Waals surface area contributed by atoms with Crippen molar-refractivity contribution in [2.24, 2.45) is 0 Å². The van der Waals surface area contributed by atoms with Crippen molar-refractivity contribution in [1.29, 1.82) is 0 Å². The molecule has 0 saturated heterocycles. The highest BCUT2D eigenvalue weighted by atomic mass is 16.6. The van der Waals surface area contributed by atoms with E-state index in [9.17, 15) is 14.9 Å². The van der Waals surface area contributed by atoms with Gasteiger partial charge in [0.2, 0.25) is 0 Å². The molecule has 1 amide bonds. The summed E-state index contributed by atoms with van der Waals surface area (Å²) < 4.78 is 5.34. The van der Waals surface area contributed by atoms with Crippen LogP contribution in [-0.2, 0) is 6.54 Å². The van der Waals surface area contributed by atoms with Crippen LogP contribution in [0.4, 0.5) is 11.4 Å². The number of hydrogen-bond donors (Lipinski definition) is 0. The molecule has 3 aromatic rings. The standard InChI is InChI=1S/C18H14N2O4/c21-18(14-8-10-16(11-9-14)20(22)23)19(13-17-7-4-12-24-17)15-5-2-1-3-6-15/h1-12H,13H2. The average Bonchev–Trinajstić information content (AvgIpc) is 3.13. The number of nitro benzene ring substituents is 1. The molecule has 0 aliphatic heterocycles. The maximum absolute atomic E-state index is 12.9. The quantitative estimate of drug-likeness (QED) is 0.525. The summed E-state index contributed by atoms with van der Waals surface area (Å²) in [7, 11) is 0. The van der Waals surface area contributed by atoms with Crippen molar-refractivity contribution in [3.05, 3.63) is 94.4 Å². The van der Waals surface area contributed by atoms with E-state index in [2.05, 4.69) is 0 Å². The minimum absolute atomic E-state index is 0.0520. The van der Waals surface area contributed by atoms with E-state index in [4.69, 9.17) is 4.42 Å². The van der Waals surface area contributed by atoms with E-state index < -0.39 is 4.92 Å². The van der Waals surface area contributed by atoms with Gasteiger partial charge in [0.05, 0.1) is 17.7 Å². The summed E-state index contributed by atoms with van der Waals surface area (Å²) in [6.45, 7) is 0.271. The molecule has 0 unspecified atom stereocenters. The molecule has 0 N–H and O–H groups in total. The SMILES string of the molecule is O=C(c1ccc([N+](=O)[O-])cc1)N(Cc1ccco1)c1ccccc1. The van der Waals surface area contributed by atoms with E-state index in [0.29, 0.717) is 11.3 Å². The number of amides is 1.